The van der Waals surface area contributed by atoms with Crippen LogP contribution in [-0.2, 0) is 0 Å². The Morgan fingerprint density at radius 1 is 1.14 bits per heavy atom. The molecule has 0 saturated heterocycles. The summed E-state index contributed by atoms with van der Waals surface area (Å²) < 4.78 is 11.0. The number of hydrogen-bond acceptors (Lipinski definition) is 4. The first-order valence-corrected chi connectivity index (χ1v) is 7.53. The monoisotopic (exact) mass is 294 g/mol. The molecule has 1 rings (SSSR count). The van der Waals surface area contributed by atoms with Gasteiger partial charge in [-0.15, -0.1) is 0 Å². The van der Waals surface area contributed by atoms with Crippen molar-refractivity contribution >= 4 is 5.91 Å². The van der Waals surface area contributed by atoms with Crippen LogP contribution in [0.25, 0.3) is 0 Å². The molecule has 1 atom stereocenters. The fraction of sp³-hybridized carbons (Fsp3) is 0.562. The van der Waals surface area contributed by atoms with Crippen LogP contribution in [0.1, 0.15) is 38.1 Å². The standard InChI is InChI=1S/C16H26N2O3/c1-5-17-12(4)11-18-16(19)13-8-9-14(20-6-2)15(10-13)21-7-3/h8-10,12,17H,5-7,11H2,1-4H3,(H,18,19)/t12-/m1/s1. The van der Waals surface area contributed by atoms with Crippen molar-refractivity contribution in [3.8, 4) is 11.5 Å². The summed E-state index contributed by atoms with van der Waals surface area (Å²) in [7, 11) is 0. The number of amides is 1. The van der Waals surface area contributed by atoms with Gasteiger partial charge in [-0.3, -0.25) is 4.79 Å². The molecule has 0 saturated carbocycles. The molecule has 0 heterocycles. The van der Waals surface area contributed by atoms with Crippen molar-refractivity contribution in [1.29, 1.82) is 0 Å². The lowest BCUT2D eigenvalue weighted by atomic mass is 10.2. The zero-order chi connectivity index (χ0) is 15.7. The molecule has 118 valence electrons. The third-order valence-corrected chi connectivity index (χ3v) is 2.93. The maximum absolute atomic E-state index is 12.1. The van der Waals surface area contributed by atoms with E-state index in [1.807, 2.05) is 27.7 Å². The van der Waals surface area contributed by atoms with Crippen LogP contribution >= 0.6 is 0 Å². The molecule has 0 aliphatic heterocycles. The van der Waals surface area contributed by atoms with Crippen LogP contribution in [0, 0.1) is 0 Å². The van der Waals surface area contributed by atoms with Gasteiger partial charge in [-0.05, 0) is 45.5 Å². The Hall–Kier alpha value is -1.75. The second-order valence-electron chi connectivity index (χ2n) is 4.70. The number of nitrogens with one attached hydrogen (secondary N) is 2. The van der Waals surface area contributed by atoms with Gasteiger partial charge in [-0.2, -0.15) is 0 Å². The number of carbonyl (C=O) groups is 1. The van der Waals surface area contributed by atoms with Gasteiger partial charge < -0.3 is 20.1 Å². The summed E-state index contributed by atoms with van der Waals surface area (Å²) in [5.74, 6) is 1.16. The van der Waals surface area contributed by atoms with Gasteiger partial charge >= 0.3 is 0 Å². The van der Waals surface area contributed by atoms with Crippen LogP contribution in [0.4, 0.5) is 0 Å². The normalized spacial score (nSPS) is 11.8. The van der Waals surface area contributed by atoms with E-state index in [-0.39, 0.29) is 11.9 Å². The predicted molar refractivity (Wildman–Crippen MR) is 84.3 cm³/mol. The van der Waals surface area contributed by atoms with E-state index >= 15 is 0 Å². The smallest absolute Gasteiger partial charge is 0.251 e. The number of ether oxygens (including phenoxy) is 2. The number of carbonyl (C=O) groups excluding carboxylic acids is 1. The quantitative estimate of drug-likeness (QED) is 0.733. The van der Waals surface area contributed by atoms with E-state index in [2.05, 4.69) is 10.6 Å². The summed E-state index contributed by atoms with van der Waals surface area (Å²) in [6, 6.07) is 5.49. The number of rotatable bonds is 9. The first kappa shape index (κ1) is 17.3. The maximum atomic E-state index is 12.1. The average Bonchev–Trinajstić information content (AvgIpc) is 2.47. The SMILES string of the molecule is CCN[C@H](C)CNC(=O)c1ccc(OCC)c(OCC)c1. The molecule has 5 heteroatoms. The van der Waals surface area contributed by atoms with Crippen molar-refractivity contribution in [2.75, 3.05) is 26.3 Å². The average molecular weight is 294 g/mol. The summed E-state index contributed by atoms with van der Waals surface area (Å²) in [6.07, 6.45) is 0. The Balaban J connectivity index is 2.73. The van der Waals surface area contributed by atoms with Gasteiger partial charge in [-0.1, -0.05) is 6.92 Å². The molecule has 0 bridgehead atoms. The topological polar surface area (TPSA) is 59.6 Å². The van der Waals surface area contributed by atoms with Gasteiger partial charge in [-0.25, -0.2) is 0 Å². The Bertz CT molecular complexity index is 449. The first-order valence-electron chi connectivity index (χ1n) is 7.53. The third-order valence-electron chi connectivity index (χ3n) is 2.93. The lowest BCUT2D eigenvalue weighted by Crippen LogP contribution is -2.38. The second-order valence-corrected chi connectivity index (χ2v) is 4.70. The molecular formula is C16H26N2O3. The Kier molecular flexibility index (Phi) is 7.61. The number of benzene rings is 1. The van der Waals surface area contributed by atoms with E-state index in [0.717, 1.165) is 6.54 Å². The van der Waals surface area contributed by atoms with Crippen LogP contribution < -0.4 is 20.1 Å². The third kappa shape index (κ3) is 5.63. The fourth-order valence-electron chi connectivity index (χ4n) is 1.96. The summed E-state index contributed by atoms with van der Waals surface area (Å²) in [6.45, 7) is 10.5. The summed E-state index contributed by atoms with van der Waals surface area (Å²) >= 11 is 0. The molecule has 0 aliphatic carbocycles. The van der Waals surface area contributed by atoms with E-state index in [1.54, 1.807) is 18.2 Å². The Labute approximate surface area is 127 Å². The zero-order valence-corrected chi connectivity index (χ0v) is 13.4. The van der Waals surface area contributed by atoms with Crippen molar-refractivity contribution in [2.45, 2.75) is 33.7 Å². The van der Waals surface area contributed by atoms with E-state index in [1.165, 1.54) is 0 Å². The van der Waals surface area contributed by atoms with Crippen molar-refractivity contribution in [1.82, 2.24) is 10.6 Å². The predicted octanol–water partition coefficient (Wildman–Crippen LogP) is 2.21. The Morgan fingerprint density at radius 3 is 2.43 bits per heavy atom. The largest absolute Gasteiger partial charge is 0.490 e. The molecule has 0 aliphatic rings. The lowest BCUT2D eigenvalue weighted by Gasteiger charge is -2.15. The van der Waals surface area contributed by atoms with Gasteiger partial charge in [0.05, 0.1) is 13.2 Å². The highest BCUT2D eigenvalue weighted by atomic mass is 16.5. The van der Waals surface area contributed by atoms with E-state index in [0.29, 0.717) is 36.8 Å². The van der Waals surface area contributed by atoms with Crippen molar-refractivity contribution in [3.05, 3.63) is 23.8 Å². The molecule has 21 heavy (non-hydrogen) atoms. The zero-order valence-electron chi connectivity index (χ0n) is 13.4. The van der Waals surface area contributed by atoms with Gasteiger partial charge in [0.2, 0.25) is 0 Å². The fourth-order valence-corrected chi connectivity index (χ4v) is 1.96. The van der Waals surface area contributed by atoms with Gasteiger partial charge in [0.1, 0.15) is 0 Å². The van der Waals surface area contributed by atoms with Crippen LogP contribution in [0.2, 0.25) is 0 Å². The summed E-state index contributed by atoms with van der Waals surface area (Å²) in [5.41, 5.74) is 0.575. The van der Waals surface area contributed by atoms with E-state index in [4.69, 9.17) is 9.47 Å². The molecule has 5 nitrogen and oxygen atoms in total. The molecular weight excluding hydrogens is 268 g/mol. The maximum Gasteiger partial charge on any atom is 0.251 e. The molecule has 0 spiro atoms. The Morgan fingerprint density at radius 2 is 1.81 bits per heavy atom. The van der Waals surface area contributed by atoms with Crippen molar-refractivity contribution in [3.63, 3.8) is 0 Å². The summed E-state index contributed by atoms with van der Waals surface area (Å²) in [4.78, 5) is 12.1. The molecule has 0 fully saturated rings. The lowest BCUT2D eigenvalue weighted by molar-refractivity contribution is 0.0949. The van der Waals surface area contributed by atoms with Crippen LogP contribution in [0.3, 0.4) is 0 Å². The number of likely N-dealkylation sites (N-methyl/N-ethyl adjacent to an activating group) is 1. The second kappa shape index (κ2) is 9.23. The minimum absolute atomic E-state index is 0.108. The van der Waals surface area contributed by atoms with Crippen molar-refractivity contribution < 1.29 is 14.3 Å². The minimum atomic E-state index is -0.108. The van der Waals surface area contributed by atoms with Crippen LogP contribution in [0.15, 0.2) is 18.2 Å². The highest BCUT2D eigenvalue weighted by Gasteiger charge is 2.12. The molecule has 0 radical (unpaired) electrons. The molecule has 1 aromatic rings. The first-order chi connectivity index (χ1) is 10.1. The molecule has 1 amide bonds. The van der Waals surface area contributed by atoms with Crippen LogP contribution in [-0.4, -0.2) is 38.3 Å². The minimum Gasteiger partial charge on any atom is -0.490 e. The molecule has 1 aromatic carbocycles. The van der Waals surface area contributed by atoms with E-state index in [9.17, 15) is 4.79 Å². The number of hydrogen-bond donors (Lipinski definition) is 2. The highest BCUT2D eigenvalue weighted by molar-refractivity contribution is 5.94. The van der Waals surface area contributed by atoms with Gasteiger partial charge in [0.25, 0.3) is 5.91 Å². The summed E-state index contributed by atoms with van der Waals surface area (Å²) in [5, 5.41) is 6.16. The molecule has 0 unspecified atom stereocenters. The molecule has 0 aromatic heterocycles. The van der Waals surface area contributed by atoms with Crippen LogP contribution in [0.5, 0.6) is 11.5 Å². The van der Waals surface area contributed by atoms with Crippen molar-refractivity contribution in [2.24, 2.45) is 0 Å². The van der Waals surface area contributed by atoms with E-state index < -0.39 is 0 Å². The van der Waals surface area contributed by atoms with Gasteiger partial charge in [0, 0.05) is 18.2 Å². The highest BCUT2D eigenvalue weighted by Crippen LogP contribution is 2.28. The molecule has 2 N–H and O–H groups in total. The van der Waals surface area contributed by atoms with Gasteiger partial charge in [0.15, 0.2) is 11.5 Å².